The highest BCUT2D eigenvalue weighted by Crippen LogP contribution is 2.22. The second kappa shape index (κ2) is 5.99. The minimum absolute atomic E-state index is 0.0745. The van der Waals surface area contributed by atoms with Gasteiger partial charge < -0.3 is 15.8 Å². The Bertz CT molecular complexity index is 648. The van der Waals surface area contributed by atoms with Crippen LogP contribution in [0.1, 0.15) is 32.4 Å². The average molecular weight is 290 g/mol. The zero-order chi connectivity index (χ0) is 15.6. The lowest BCUT2D eigenvalue weighted by atomic mass is 10.1. The summed E-state index contributed by atoms with van der Waals surface area (Å²) in [4.78, 5) is 6.43. The number of oxime groups is 1. The standard InChI is InChI=1S/C14H22N6O/c1-9(2)11-7-12-14(16-5-6-20(12)17-11)19(4)8-10(3)13(15)18-21/h5-7,9-10,21H,8H2,1-4H3,(H2,15,18). The van der Waals surface area contributed by atoms with E-state index < -0.39 is 0 Å². The molecule has 0 aliphatic rings. The first kappa shape index (κ1) is 15.1. The molecule has 0 saturated heterocycles. The van der Waals surface area contributed by atoms with Crippen molar-refractivity contribution in [1.82, 2.24) is 14.6 Å². The van der Waals surface area contributed by atoms with E-state index in [1.54, 1.807) is 6.20 Å². The number of nitrogens with two attached hydrogens (primary N) is 1. The molecule has 3 N–H and O–H groups in total. The Morgan fingerprint density at radius 2 is 2.19 bits per heavy atom. The molecule has 0 bridgehead atoms. The third kappa shape index (κ3) is 3.07. The molecule has 1 atom stereocenters. The first-order valence-electron chi connectivity index (χ1n) is 6.96. The Hall–Kier alpha value is -2.31. The summed E-state index contributed by atoms with van der Waals surface area (Å²) in [7, 11) is 1.94. The largest absolute Gasteiger partial charge is 0.409 e. The number of anilines is 1. The molecule has 2 aromatic heterocycles. The lowest BCUT2D eigenvalue weighted by molar-refractivity contribution is 0.314. The molecule has 0 saturated carbocycles. The van der Waals surface area contributed by atoms with Crippen molar-refractivity contribution in [3.63, 3.8) is 0 Å². The van der Waals surface area contributed by atoms with Crippen molar-refractivity contribution in [2.24, 2.45) is 16.8 Å². The van der Waals surface area contributed by atoms with Gasteiger partial charge in [-0.15, -0.1) is 0 Å². The van der Waals surface area contributed by atoms with Crippen molar-refractivity contribution in [3.05, 3.63) is 24.2 Å². The zero-order valence-electron chi connectivity index (χ0n) is 12.9. The summed E-state index contributed by atoms with van der Waals surface area (Å²) in [6, 6.07) is 2.05. The lowest BCUT2D eigenvalue weighted by Gasteiger charge is -2.22. The van der Waals surface area contributed by atoms with Crippen molar-refractivity contribution < 1.29 is 5.21 Å². The van der Waals surface area contributed by atoms with E-state index in [0.717, 1.165) is 17.0 Å². The first-order chi connectivity index (χ1) is 9.93. The summed E-state index contributed by atoms with van der Waals surface area (Å²) >= 11 is 0. The predicted octanol–water partition coefficient (Wildman–Crippen LogP) is 1.67. The molecule has 0 spiro atoms. The van der Waals surface area contributed by atoms with Crippen LogP contribution >= 0.6 is 0 Å². The van der Waals surface area contributed by atoms with Crippen LogP contribution < -0.4 is 10.6 Å². The SMILES string of the molecule is CC(CN(C)c1nccn2nc(C(C)C)cc12)/C(N)=N/O. The number of rotatable bonds is 5. The maximum atomic E-state index is 8.74. The summed E-state index contributed by atoms with van der Waals surface area (Å²) in [6.07, 6.45) is 3.57. The highest BCUT2D eigenvalue weighted by Gasteiger charge is 2.16. The minimum Gasteiger partial charge on any atom is -0.409 e. The fraction of sp³-hybridized carbons (Fsp3) is 0.500. The van der Waals surface area contributed by atoms with E-state index in [9.17, 15) is 0 Å². The summed E-state index contributed by atoms with van der Waals surface area (Å²) in [5.74, 6) is 1.33. The van der Waals surface area contributed by atoms with Gasteiger partial charge in [-0.3, -0.25) is 0 Å². The van der Waals surface area contributed by atoms with Gasteiger partial charge in [0.2, 0.25) is 0 Å². The summed E-state index contributed by atoms with van der Waals surface area (Å²) in [5.41, 5.74) is 7.62. The molecule has 2 aromatic rings. The van der Waals surface area contributed by atoms with Gasteiger partial charge in [-0.25, -0.2) is 9.50 Å². The molecule has 21 heavy (non-hydrogen) atoms. The molecule has 2 rings (SSSR count). The molecule has 114 valence electrons. The number of nitrogens with zero attached hydrogens (tertiary/aromatic N) is 5. The van der Waals surface area contributed by atoms with Crippen LogP contribution in [0.15, 0.2) is 23.6 Å². The van der Waals surface area contributed by atoms with Gasteiger partial charge >= 0.3 is 0 Å². The molecule has 0 fully saturated rings. The second-order valence-electron chi connectivity index (χ2n) is 5.61. The molecule has 0 aliphatic heterocycles. The van der Waals surface area contributed by atoms with Gasteiger partial charge in [0.1, 0.15) is 11.4 Å². The minimum atomic E-state index is -0.0745. The topological polar surface area (TPSA) is 92.0 Å². The highest BCUT2D eigenvalue weighted by atomic mass is 16.4. The molecule has 2 heterocycles. The number of hydrogen-bond donors (Lipinski definition) is 2. The van der Waals surface area contributed by atoms with Crippen LogP contribution in [0, 0.1) is 5.92 Å². The van der Waals surface area contributed by atoms with Gasteiger partial charge in [0, 0.05) is 31.9 Å². The number of aromatic nitrogens is 3. The van der Waals surface area contributed by atoms with E-state index >= 15 is 0 Å². The van der Waals surface area contributed by atoms with Crippen LogP contribution in [-0.4, -0.2) is 39.2 Å². The van der Waals surface area contributed by atoms with Gasteiger partial charge in [-0.2, -0.15) is 5.10 Å². The normalized spacial score (nSPS) is 13.9. The third-order valence-corrected chi connectivity index (χ3v) is 3.51. The molecular weight excluding hydrogens is 268 g/mol. The average Bonchev–Trinajstić information content (AvgIpc) is 2.90. The fourth-order valence-corrected chi connectivity index (χ4v) is 2.19. The van der Waals surface area contributed by atoms with Crippen LogP contribution in [0.2, 0.25) is 0 Å². The lowest BCUT2D eigenvalue weighted by Crippen LogP contribution is -2.33. The quantitative estimate of drug-likeness (QED) is 0.378. The van der Waals surface area contributed by atoms with E-state index in [-0.39, 0.29) is 11.8 Å². The number of amidine groups is 1. The van der Waals surface area contributed by atoms with E-state index in [2.05, 4.69) is 35.2 Å². The van der Waals surface area contributed by atoms with E-state index in [4.69, 9.17) is 10.9 Å². The molecule has 0 aliphatic carbocycles. The van der Waals surface area contributed by atoms with Crippen LogP contribution in [0.4, 0.5) is 5.82 Å². The van der Waals surface area contributed by atoms with E-state index in [0.29, 0.717) is 12.5 Å². The summed E-state index contributed by atoms with van der Waals surface area (Å²) in [6.45, 7) is 6.73. The fourth-order valence-electron chi connectivity index (χ4n) is 2.19. The Morgan fingerprint density at radius 1 is 1.48 bits per heavy atom. The van der Waals surface area contributed by atoms with Crippen molar-refractivity contribution in [2.45, 2.75) is 26.7 Å². The van der Waals surface area contributed by atoms with Gasteiger partial charge in [-0.1, -0.05) is 25.9 Å². The smallest absolute Gasteiger partial charge is 0.154 e. The van der Waals surface area contributed by atoms with Crippen LogP contribution in [0.25, 0.3) is 5.52 Å². The van der Waals surface area contributed by atoms with Crippen molar-refractivity contribution >= 4 is 17.2 Å². The van der Waals surface area contributed by atoms with Crippen LogP contribution in [0.5, 0.6) is 0 Å². The summed E-state index contributed by atoms with van der Waals surface area (Å²) < 4.78 is 1.84. The van der Waals surface area contributed by atoms with Gasteiger partial charge in [0.05, 0.1) is 5.69 Å². The van der Waals surface area contributed by atoms with Crippen molar-refractivity contribution in [1.29, 1.82) is 0 Å². The van der Waals surface area contributed by atoms with E-state index in [1.165, 1.54) is 0 Å². The molecular formula is C14H22N6O. The summed E-state index contributed by atoms with van der Waals surface area (Å²) in [5, 5.41) is 16.3. The second-order valence-corrected chi connectivity index (χ2v) is 5.61. The Kier molecular flexibility index (Phi) is 4.30. The van der Waals surface area contributed by atoms with Crippen molar-refractivity contribution in [2.75, 3.05) is 18.5 Å². The Balaban J connectivity index is 2.32. The Morgan fingerprint density at radius 3 is 2.81 bits per heavy atom. The maximum absolute atomic E-state index is 8.74. The first-order valence-corrected chi connectivity index (χ1v) is 6.96. The molecule has 1 unspecified atom stereocenters. The monoisotopic (exact) mass is 290 g/mol. The molecule has 7 nitrogen and oxygen atoms in total. The van der Waals surface area contributed by atoms with Crippen molar-refractivity contribution in [3.8, 4) is 0 Å². The molecule has 0 amide bonds. The molecule has 7 heteroatoms. The number of fused-ring (bicyclic) bond motifs is 1. The zero-order valence-corrected chi connectivity index (χ0v) is 12.9. The predicted molar refractivity (Wildman–Crippen MR) is 82.9 cm³/mol. The number of hydrogen-bond acceptors (Lipinski definition) is 5. The highest BCUT2D eigenvalue weighted by molar-refractivity contribution is 5.82. The van der Waals surface area contributed by atoms with Gasteiger partial charge in [-0.05, 0) is 12.0 Å². The molecule has 0 radical (unpaired) electrons. The van der Waals surface area contributed by atoms with E-state index in [1.807, 2.05) is 29.6 Å². The van der Waals surface area contributed by atoms with Gasteiger partial charge in [0.25, 0.3) is 0 Å². The Labute approximate surface area is 124 Å². The third-order valence-electron chi connectivity index (χ3n) is 3.51. The van der Waals surface area contributed by atoms with Crippen LogP contribution in [-0.2, 0) is 0 Å². The van der Waals surface area contributed by atoms with Crippen LogP contribution in [0.3, 0.4) is 0 Å². The van der Waals surface area contributed by atoms with Gasteiger partial charge in [0.15, 0.2) is 5.82 Å². The molecule has 0 aromatic carbocycles. The maximum Gasteiger partial charge on any atom is 0.154 e.